The largest absolute Gasteiger partial charge is 0.464 e. The van der Waals surface area contributed by atoms with Crippen molar-refractivity contribution in [2.45, 2.75) is 63.4 Å². The Balaban J connectivity index is 1.65. The SMILES string of the molecule is CCC1(CNS(=O)(=O)c2cc(CNC3CC3)oc2C)CC1. The fraction of sp³-hybridized carbons (Fsp3) is 0.733. The van der Waals surface area contributed by atoms with Gasteiger partial charge < -0.3 is 9.73 Å². The number of furan rings is 1. The van der Waals surface area contributed by atoms with E-state index >= 15 is 0 Å². The van der Waals surface area contributed by atoms with Crippen molar-refractivity contribution in [2.24, 2.45) is 5.41 Å². The monoisotopic (exact) mass is 312 g/mol. The van der Waals surface area contributed by atoms with Gasteiger partial charge in [-0.1, -0.05) is 6.92 Å². The molecule has 2 saturated carbocycles. The van der Waals surface area contributed by atoms with Crippen LogP contribution in [0.3, 0.4) is 0 Å². The van der Waals surface area contributed by atoms with Crippen molar-refractivity contribution in [1.82, 2.24) is 10.0 Å². The summed E-state index contributed by atoms with van der Waals surface area (Å²) in [6.07, 6.45) is 5.66. The summed E-state index contributed by atoms with van der Waals surface area (Å²) in [6, 6.07) is 2.23. The Kier molecular flexibility index (Phi) is 3.88. The average Bonchev–Trinajstić information content (AvgIpc) is 3.35. The Morgan fingerprint density at radius 2 is 2.10 bits per heavy atom. The Hall–Kier alpha value is -0.850. The van der Waals surface area contributed by atoms with E-state index in [0.717, 1.165) is 19.3 Å². The van der Waals surface area contributed by atoms with Gasteiger partial charge in [-0.25, -0.2) is 13.1 Å². The molecule has 1 aromatic heterocycles. The maximum absolute atomic E-state index is 12.4. The standard InChI is InChI=1S/C15H24N2O3S/c1-3-15(6-7-15)10-17-21(18,19)14-8-13(20-11(14)2)9-16-12-4-5-12/h8,12,16-17H,3-7,9-10H2,1-2H3. The van der Waals surface area contributed by atoms with Gasteiger partial charge in [-0.3, -0.25) is 0 Å². The third-order valence-electron chi connectivity index (χ3n) is 4.70. The molecule has 2 aliphatic carbocycles. The third-order valence-corrected chi connectivity index (χ3v) is 6.21. The predicted octanol–water partition coefficient (Wildman–Crippen LogP) is 2.31. The Morgan fingerprint density at radius 1 is 1.38 bits per heavy atom. The first-order valence-electron chi connectivity index (χ1n) is 7.76. The molecule has 0 saturated heterocycles. The minimum absolute atomic E-state index is 0.196. The number of rotatable bonds is 8. The molecule has 0 aliphatic heterocycles. The van der Waals surface area contributed by atoms with Crippen LogP contribution in [0.25, 0.3) is 0 Å². The minimum Gasteiger partial charge on any atom is -0.464 e. The van der Waals surface area contributed by atoms with E-state index in [-0.39, 0.29) is 10.3 Å². The van der Waals surface area contributed by atoms with Crippen molar-refractivity contribution < 1.29 is 12.8 Å². The zero-order valence-electron chi connectivity index (χ0n) is 12.7. The van der Waals surface area contributed by atoms with Gasteiger partial charge in [-0.2, -0.15) is 0 Å². The second kappa shape index (κ2) is 5.41. The molecule has 0 aromatic carbocycles. The van der Waals surface area contributed by atoms with E-state index in [1.54, 1.807) is 13.0 Å². The molecule has 0 bridgehead atoms. The highest BCUT2D eigenvalue weighted by atomic mass is 32.2. The molecule has 2 fully saturated rings. The van der Waals surface area contributed by atoms with Gasteiger partial charge in [0.05, 0.1) is 6.54 Å². The Labute approximate surface area is 126 Å². The highest BCUT2D eigenvalue weighted by molar-refractivity contribution is 7.89. The van der Waals surface area contributed by atoms with Crippen molar-refractivity contribution in [3.8, 4) is 0 Å². The molecule has 5 nitrogen and oxygen atoms in total. The molecular weight excluding hydrogens is 288 g/mol. The van der Waals surface area contributed by atoms with Crippen LogP contribution in [-0.4, -0.2) is 21.0 Å². The first-order valence-corrected chi connectivity index (χ1v) is 9.25. The summed E-state index contributed by atoms with van der Waals surface area (Å²) < 4.78 is 33.2. The van der Waals surface area contributed by atoms with Gasteiger partial charge in [-0.05, 0) is 44.4 Å². The molecule has 0 radical (unpaired) electrons. The zero-order chi connectivity index (χ0) is 15.1. The van der Waals surface area contributed by atoms with Crippen LogP contribution in [0.5, 0.6) is 0 Å². The van der Waals surface area contributed by atoms with E-state index < -0.39 is 10.0 Å². The fourth-order valence-electron chi connectivity index (χ4n) is 2.57. The number of sulfonamides is 1. The summed E-state index contributed by atoms with van der Waals surface area (Å²) in [7, 11) is -3.47. The minimum atomic E-state index is -3.47. The number of aryl methyl sites for hydroxylation is 1. The molecule has 1 aromatic rings. The summed E-state index contributed by atoms with van der Waals surface area (Å²) in [5.41, 5.74) is 0.196. The molecule has 0 spiro atoms. The van der Waals surface area contributed by atoms with E-state index in [4.69, 9.17) is 4.42 Å². The lowest BCUT2D eigenvalue weighted by atomic mass is 10.1. The summed E-state index contributed by atoms with van der Waals surface area (Å²) in [5, 5.41) is 3.33. The molecule has 3 rings (SSSR count). The number of hydrogen-bond donors (Lipinski definition) is 2. The van der Waals surface area contributed by atoms with E-state index in [0.29, 0.717) is 30.7 Å². The molecule has 2 aliphatic rings. The summed E-state index contributed by atoms with van der Waals surface area (Å²) in [4.78, 5) is 0.280. The first kappa shape index (κ1) is 15.1. The second-order valence-electron chi connectivity index (χ2n) is 6.47. The topological polar surface area (TPSA) is 71.3 Å². The molecule has 0 atom stereocenters. The van der Waals surface area contributed by atoms with Crippen LogP contribution in [0.15, 0.2) is 15.4 Å². The van der Waals surface area contributed by atoms with Crippen LogP contribution in [0, 0.1) is 12.3 Å². The molecule has 0 unspecified atom stereocenters. The zero-order valence-corrected chi connectivity index (χ0v) is 13.6. The van der Waals surface area contributed by atoms with Gasteiger partial charge in [0.1, 0.15) is 16.4 Å². The predicted molar refractivity (Wildman–Crippen MR) is 80.5 cm³/mol. The van der Waals surface area contributed by atoms with Gasteiger partial charge >= 0.3 is 0 Å². The van der Waals surface area contributed by atoms with Gasteiger partial charge in [0.15, 0.2) is 0 Å². The van der Waals surface area contributed by atoms with Crippen LogP contribution in [-0.2, 0) is 16.6 Å². The second-order valence-corrected chi connectivity index (χ2v) is 8.20. The van der Waals surface area contributed by atoms with E-state index in [9.17, 15) is 8.42 Å². The summed E-state index contributed by atoms with van der Waals surface area (Å²) in [5.74, 6) is 1.16. The molecule has 0 amide bonds. The van der Waals surface area contributed by atoms with Gasteiger partial charge in [0.25, 0.3) is 0 Å². The van der Waals surface area contributed by atoms with Gasteiger partial charge in [-0.15, -0.1) is 0 Å². The lowest BCUT2D eigenvalue weighted by molar-refractivity contribution is 0.454. The van der Waals surface area contributed by atoms with E-state index in [1.165, 1.54) is 12.8 Å². The molecule has 2 N–H and O–H groups in total. The maximum atomic E-state index is 12.4. The van der Waals surface area contributed by atoms with Crippen molar-refractivity contribution in [3.63, 3.8) is 0 Å². The van der Waals surface area contributed by atoms with E-state index in [2.05, 4.69) is 17.0 Å². The lowest BCUT2D eigenvalue weighted by Crippen LogP contribution is -2.30. The normalized spacial score (nSPS) is 20.7. The number of hydrogen-bond acceptors (Lipinski definition) is 4. The van der Waals surface area contributed by atoms with Crippen LogP contribution >= 0.6 is 0 Å². The highest BCUT2D eigenvalue weighted by Crippen LogP contribution is 2.48. The van der Waals surface area contributed by atoms with Gasteiger partial charge in [0.2, 0.25) is 10.0 Å². The molecule has 21 heavy (non-hydrogen) atoms. The Bertz CT molecular complexity index is 613. The van der Waals surface area contributed by atoms with Crippen molar-refractivity contribution in [2.75, 3.05) is 6.54 Å². The average molecular weight is 312 g/mol. The molecular formula is C15H24N2O3S. The van der Waals surface area contributed by atoms with Crippen LogP contribution in [0.4, 0.5) is 0 Å². The van der Waals surface area contributed by atoms with Gasteiger partial charge in [0, 0.05) is 18.7 Å². The maximum Gasteiger partial charge on any atom is 0.244 e. The lowest BCUT2D eigenvalue weighted by Gasteiger charge is -2.13. The fourth-order valence-corrected chi connectivity index (χ4v) is 3.93. The van der Waals surface area contributed by atoms with Crippen molar-refractivity contribution in [1.29, 1.82) is 0 Å². The molecule has 6 heteroatoms. The van der Waals surface area contributed by atoms with Crippen molar-refractivity contribution >= 4 is 10.0 Å². The summed E-state index contributed by atoms with van der Waals surface area (Å²) >= 11 is 0. The Morgan fingerprint density at radius 3 is 2.67 bits per heavy atom. The third kappa shape index (κ3) is 3.49. The molecule has 1 heterocycles. The first-order chi connectivity index (χ1) is 9.94. The van der Waals surface area contributed by atoms with Crippen molar-refractivity contribution in [3.05, 3.63) is 17.6 Å². The highest BCUT2D eigenvalue weighted by Gasteiger charge is 2.41. The summed E-state index contributed by atoms with van der Waals surface area (Å²) in [6.45, 7) is 4.96. The van der Waals surface area contributed by atoms with Crippen LogP contribution < -0.4 is 10.0 Å². The molecule has 118 valence electrons. The quantitative estimate of drug-likeness (QED) is 0.773. The number of nitrogens with one attached hydrogen (secondary N) is 2. The smallest absolute Gasteiger partial charge is 0.244 e. The van der Waals surface area contributed by atoms with E-state index in [1.807, 2.05) is 0 Å². The van der Waals surface area contributed by atoms with Crippen LogP contribution in [0.1, 0.15) is 50.5 Å². The van der Waals surface area contributed by atoms with Crippen LogP contribution in [0.2, 0.25) is 0 Å².